The van der Waals surface area contributed by atoms with Gasteiger partial charge in [0.05, 0.1) is 6.10 Å². The lowest BCUT2D eigenvalue weighted by Crippen LogP contribution is -2.02. The second-order valence-corrected chi connectivity index (χ2v) is 2.78. The van der Waals surface area contributed by atoms with Gasteiger partial charge in [0.2, 0.25) is 0 Å². The lowest BCUT2D eigenvalue weighted by molar-refractivity contribution is -0.136. The first-order chi connectivity index (χ1) is 5.59. The van der Waals surface area contributed by atoms with Crippen molar-refractivity contribution in [3.05, 3.63) is 11.6 Å². The first-order valence-corrected chi connectivity index (χ1v) is 3.73. The molecule has 0 bridgehead atoms. The molecule has 66 valence electrons. The third kappa shape index (κ3) is 2.17. The second kappa shape index (κ2) is 3.49. The van der Waals surface area contributed by atoms with Crippen LogP contribution >= 0.6 is 0 Å². The predicted molar refractivity (Wildman–Crippen MR) is 40.6 cm³/mol. The highest BCUT2D eigenvalue weighted by atomic mass is 16.4. The van der Waals surface area contributed by atoms with Crippen molar-refractivity contribution >= 4 is 11.8 Å². The first kappa shape index (κ1) is 8.93. The number of aliphatic hydroxyl groups is 1. The molecule has 0 amide bonds. The maximum Gasteiger partial charge on any atom is 0.303 e. The van der Waals surface area contributed by atoms with Gasteiger partial charge < -0.3 is 10.2 Å². The highest BCUT2D eigenvalue weighted by Crippen LogP contribution is 2.18. The molecule has 0 aromatic carbocycles. The first-order valence-electron chi connectivity index (χ1n) is 3.73. The fraction of sp³-hybridized carbons (Fsp3) is 0.500. The quantitative estimate of drug-likeness (QED) is 0.630. The van der Waals surface area contributed by atoms with Gasteiger partial charge in [0.25, 0.3) is 0 Å². The Balaban J connectivity index is 2.47. The Morgan fingerprint density at radius 2 is 2.33 bits per heavy atom. The van der Waals surface area contributed by atoms with E-state index >= 15 is 0 Å². The number of allylic oxidation sites excluding steroid dienone is 1. The van der Waals surface area contributed by atoms with E-state index in [1.165, 1.54) is 6.08 Å². The second-order valence-electron chi connectivity index (χ2n) is 2.78. The SMILES string of the molecule is O=C(O)CCC1=CC(O)CC1=O. The van der Waals surface area contributed by atoms with E-state index in [1.54, 1.807) is 0 Å². The summed E-state index contributed by atoms with van der Waals surface area (Å²) in [5.74, 6) is -1.06. The zero-order valence-corrected chi connectivity index (χ0v) is 6.49. The van der Waals surface area contributed by atoms with Gasteiger partial charge in [-0.15, -0.1) is 0 Å². The Bertz CT molecular complexity index is 241. The van der Waals surface area contributed by atoms with Crippen molar-refractivity contribution in [2.45, 2.75) is 25.4 Å². The third-order valence-corrected chi connectivity index (χ3v) is 1.75. The Morgan fingerprint density at radius 3 is 2.75 bits per heavy atom. The fourth-order valence-corrected chi connectivity index (χ4v) is 1.17. The number of hydrogen-bond acceptors (Lipinski definition) is 3. The number of aliphatic carboxylic acids is 1. The van der Waals surface area contributed by atoms with Crippen molar-refractivity contribution in [1.29, 1.82) is 0 Å². The van der Waals surface area contributed by atoms with E-state index in [0.717, 1.165) is 0 Å². The van der Waals surface area contributed by atoms with Crippen LogP contribution < -0.4 is 0 Å². The van der Waals surface area contributed by atoms with Crippen molar-refractivity contribution in [1.82, 2.24) is 0 Å². The van der Waals surface area contributed by atoms with Crippen molar-refractivity contribution in [3.63, 3.8) is 0 Å². The van der Waals surface area contributed by atoms with Crippen LogP contribution in [0.1, 0.15) is 19.3 Å². The zero-order valence-electron chi connectivity index (χ0n) is 6.49. The van der Waals surface area contributed by atoms with E-state index in [0.29, 0.717) is 5.57 Å². The van der Waals surface area contributed by atoms with Crippen LogP contribution in [0.2, 0.25) is 0 Å². The Hall–Kier alpha value is -1.16. The fourth-order valence-electron chi connectivity index (χ4n) is 1.17. The summed E-state index contributed by atoms with van der Waals surface area (Å²) in [5.41, 5.74) is 0.449. The van der Waals surface area contributed by atoms with Crippen molar-refractivity contribution in [3.8, 4) is 0 Å². The van der Waals surface area contributed by atoms with Crippen molar-refractivity contribution in [2.75, 3.05) is 0 Å². The lowest BCUT2D eigenvalue weighted by Gasteiger charge is -1.94. The molecular formula is C8H10O4. The smallest absolute Gasteiger partial charge is 0.303 e. The van der Waals surface area contributed by atoms with Crippen LogP contribution in [0, 0.1) is 0 Å². The number of ketones is 1. The molecule has 0 heterocycles. The zero-order chi connectivity index (χ0) is 9.14. The number of rotatable bonds is 3. The highest BCUT2D eigenvalue weighted by molar-refractivity contribution is 5.98. The summed E-state index contributed by atoms with van der Waals surface area (Å²) in [6.45, 7) is 0. The number of hydrogen-bond donors (Lipinski definition) is 2. The van der Waals surface area contributed by atoms with Crippen molar-refractivity contribution < 1.29 is 19.8 Å². The molecule has 0 spiro atoms. The molecule has 0 aliphatic heterocycles. The molecule has 0 saturated carbocycles. The Labute approximate surface area is 69.5 Å². The van der Waals surface area contributed by atoms with Crippen LogP contribution in [0.15, 0.2) is 11.6 Å². The van der Waals surface area contributed by atoms with Crippen LogP contribution in [0.3, 0.4) is 0 Å². The number of carboxylic acid groups (broad SMARTS) is 1. The van der Waals surface area contributed by atoms with Gasteiger partial charge in [0, 0.05) is 12.8 Å². The molecule has 12 heavy (non-hydrogen) atoms. The Morgan fingerprint density at radius 1 is 1.67 bits per heavy atom. The van der Waals surface area contributed by atoms with Gasteiger partial charge >= 0.3 is 5.97 Å². The number of aliphatic hydroxyl groups excluding tert-OH is 1. The van der Waals surface area contributed by atoms with Gasteiger partial charge in [-0.2, -0.15) is 0 Å². The average Bonchev–Trinajstić information content (AvgIpc) is 2.26. The van der Waals surface area contributed by atoms with Crippen LogP contribution in [0.5, 0.6) is 0 Å². The topological polar surface area (TPSA) is 74.6 Å². The third-order valence-electron chi connectivity index (χ3n) is 1.75. The number of carbonyl (C=O) groups is 2. The van der Waals surface area contributed by atoms with E-state index in [-0.39, 0.29) is 25.0 Å². The van der Waals surface area contributed by atoms with Gasteiger partial charge in [-0.25, -0.2) is 0 Å². The molecule has 0 aromatic heterocycles. The van der Waals surface area contributed by atoms with Crippen LogP contribution in [-0.2, 0) is 9.59 Å². The van der Waals surface area contributed by atoms with E-state index < -0.39 is 12.1 Å². The summed E-state index contributed by atoms with van der Waals surface area (Å²) < 4.78 is 0. The van der Waals surface area contributed by atoms with Crippen LogP contribution in [0.25, 0.3) is 0 Å². The normalized spacial score (nSPS) is 22.6. The van der Waals surface area contributed by atoms with E-state index in [4.69, 9.17) is 10.2 Å². The molecule has 4 heteroatoms. The van der Waals surface area contributed by atoms with E-state index in [2.05, 4.69) is 0 Å². The highest BCUT2D eigenvalue weighted by Gasteiger charge is 2.21. The summed E-state index contributed by atoms with van der Waals surface area (Å²) in [7, 11) is 0. The summed E-state index contributed by atoms with van der Waals surface area (Å²) in [5, 5.41) is 17.3. The minimum absolute atomic E-state index is 0.0513. The van der Waals surface area contributed by atoms with Crippen LogP contribution in [-0.4, -0.2) is 28.1 Å². The molecule has 0 saturated heterocycles. The summed E-state index contributed by atoms with van der Waals surface area (Å²) in [4.78, 5) is 21.1. The minimum atomic E-state index is -0.926. The molecule has 2 N–H and O–H groups in total. The summed E-state index contributed by atoms with van der Waals surface area (Å²) >= 11 is 0. The molecule has 1 unspecified atom stereocenters. The monoisotopic (exact) mass is 170 g/mol. The maximum atomic E-state index is 11.0. The molecule has 0 radical (unpaired) electrons. The summed E-state index contributed by atoms with van der Waals surface area (Å²) in [6, 6.07) is 0. The standard InChI is InChI=1S/C8H10O4/c9-6-3-5(7(10)4-6)1-2-8(11)12/h3,6,9H,1-2,4H2,(H,11,12). The maximum absolute atomic E-state index is 11.0. The van der Waals surface area contributed by atoms with Gasteiger partial charge in [0.15, 0.2) is 5.78 Å². The molecule has 1 atom stereocenters. The molecule has 1 rings (SSSR count). The summed E-state index contributed by atoms with van der Waals surface area (Å²) in [6.07, 6.45) is 1.01. The van der Waals surface area contributed by atoms with Gasteiger partial charge in [-0.3, -0.25) is 9.59 Å². The predicted octanol–water partition coefficient (Wildman–Crippen LogP) is 0.111. The Kier molecular flexibility index (Phi) is 2.60. The molecular weight excluding hydrogens is 160 g/mol. The van der Waals surface area contributed by atoms with Gasteiger partial charge in [0.1, 0.15) is 0 Å². The van der Waals surface area contributed by atoms with Crippen molar-refractivity contribution in [2.24, 2.45) is 0 Å². The largest absolute Gasteiger partial charge is 0.481 e. The van der Waals surface area contributed by atoms with Gasteiger partial charge in [-0.05, 0) is 18.1 Å². The van der Waals surface area contributed by atoms with E-state index in [9.17, 15) is 9.59 Å². The lowest BCUT2D eigenvalue weighted by atomic mass is 10.1. The van der Waals surface area contributed by atoms with Crippen LogP contribution in [0.4, 0.5) is 0 Å². The number of Topliss-reactive ketones (excluding diaryl/α,β-unsaturated/α-hetero) is 1. The molecule has 4 nitrogen and oxygen atoms in total. The number of carboxylic acids is 1. The molecule has 0 fully saturated rings. The average molecular weight is 170 g/mol. The molecule has 1 aliphatic rings. The molecule has 1 aliphatic carbocycles. The van der Waals surface area contributed by atoms with Gasteiger partial charge in [-0.1, -0.05) is 0 Å². The molecule has 0 aromatic rings. The number of carbonyl (C=O) groups excluding carboxylic acids is 1. The minimum Gasteiger partial charge on any atom is -0.481 e. The van der Waals surface area contributed by atoms with E-state index in [1.807, 2.05) is 0 Å².